The fourth-order valence-corrected chi connectivity index (χ4v) is 2.95. The zero-order valence-electron chi connectivity index (χ0n) is 11.8. The van der Waals surface area contributed by atoms with Crippen molar-refractivity contribution < 1.29 is 9.21 Å². The number of rotatable bonds is 2. The van der Waals surface area contributed by atoms with E-state index in [-0.39, 0.29) is 11.9 Å². The lowest BCUT2D eigenvalue weighted by atomic mass is 10.0. The number of amides is 1. The summed E-state index contributed by atoms with van der Waals surface area (Å²) < 4.78 is 5.35. The van der Waals surface area contributed by atoms with E-state index in [1.54, 1.807) is 12.3 Å². The normalized spacial score (nSPS) is 18.8. The van der Waals surface area contributed by atoms with Crippen LogP contribution < -0.4 is 5.32 Å². The maximum Gasteiger partial charge on any atom is 0.290 e. The molecule has 0 radical (unpaired) electrons. The molecular formula is C16H17ClN2O2. The average Bonchev–Trinajstić information content (AvgIpc) is 2.93. The van der Waals surface area contributed by atoms with Crippen LogP contribution in [0.5, 0.6) is 0 Å². The minimum absolute atomic E-state index is 0.0792. The topological polar surface area (TPSA) is 45.5 Å². The molecule has 1 saturated heterocycles. The van der Waals surface area contributed by atoms with Crippen LogP contribution in [0.3, 0.4) is 0 Å². The molecule has 2 aromatic rings. The van der Waals surface area contributed by atoms with Crippen molar-refractivity contribution in [1.82, 2.24) is 10.2 Å². The average molecular weight is 305 g/mol. The molecule has 1 aliphatic heterocycles. The van der Waals surface area contributed by atoms with Gasteiger partial charge >= 0.3 is 0 Å². The van der Waals surface area contributed by atoms with E-state index in [1.807, 2.05) is 36.1 Å². The van der Waals surface area contributed by atoms with Crippen LogP contribution in [0.1, 0.15) is 27.7 Å². The molecule has 0 saturated carbocycles. The number of piperazine rings is 1. The van der Waals surface area contributed by atoms with Gasteiger partial charge in [0.15, 0.2) is 5.76 Å². The lowest BCUT2D eigenvalue weighted by Gasteiger charge is -2.36. The second-order valence-electron chi connectivity index (χ2n) is 5.17. The highest BCUT2D eigenvalue weighted by Crippen LogP contribution is 2.30. The van der Waals surface area contributed by atoms with E-state index in [9.17, 15) is 4.79 Å². The molecule has 21 heavy (non-hydrogen) atoms. The lowest BCUT2D eigenvalue weighted by molar-refractivity contribution is 0.0601. The smallest absolute Gasteiger partial charge is 0.290 e. The first-order chi connectivity index (χ1) is 10.2. The van der Waals surface area contributed by atoms with Gasteiger partial charge in [-0.15, -0.1) is 0 Å². The number of carbonyl (C=O) groups excluding carboxylic acids is 1. The Hall–Kier alpha value is -1.78. The first-order valence-electron chi connectivity index (χ1n) is 6.98. The van der Waals surface area contributed by atoms with E-state index < -0.39 is 0 Å². The molecule has 1 amide bonds. The van der Waals surface area contributed by atoms with Crippen molar-refractivity contribution in [3.8, 4) is 0 Å². The Kier molecular flexibility index (Phi) is 3.99. The number of nitrogens with one attached hydrogen (secondary N) is 1. The van der Waals surface area contributed by atoms with Crippen molar-refractivity contribution >= 4 is 17.5 Å². The van der Waals surface area contributed by atoms with Gasteiger partial charge in [0.2, 0.25) is 0 Å². The molecule has 110 valence electrons. The van der Waals surface area contributed by atoms with Crippen molar-refractivity contribution in [2.24, 2.45) is 0 Å². The quantitative estimate of drug-likeness (QED) is 0.927. The summed E-state index contributed by atoms with van der Waals surface area (Å²) in [6.45, 7) is 3.97. The predicted molar refractivity (Wildman–Crippen MR) is 81.5 cm³/mol. The van der Waals surface area contributed by atoms with Gasteiger partial charge < -0.3 is 14.6 Å². The largest absolute Gasteiger partial charge is 0.459 e. The highest BCUT2D eigenvalue weighted by Gasteiger charge is 2.31. The number of halogens is 1. The van der Waals surface area contributed by atoms with Crippen LogP contribution in [-0.2, 0) is 0 Å². The number of hydrogen-bond donors (Lipinski definition) is 1. The third kappa shape index (κ3) is 2.69. The number of furan rings is 1. The van der Waals surface area contributed by atoms with Crippen molar-refractivity contribution in [3.63, 3.8) is 0 Å². The second kappa shape index (κ2) is 5.92. The van der Waals surface area contributed by atoms with Crippen LogP contribution in [0.15, 0.2) is 41.0 Å². The minimum Gasteiger partial charge on any atom is -0.459 e. The van der Waals surface area contributed by atoms with Crippen LogP contribution in [-0.4, -0.2) is 30.4 Å². The molecule has 1 atom stereocenters. The number of aryl methyl sites for hydroxylation is 1. The van der Waals surface area contributed by atoms with Crippen molar-refractivity contribution in [3.05, 3.63) is 58.5 Å². The van der Waals surface area contributed by atoms with Crippen LogP contribution in [0.4, 0.5) is 0 Å². The number of benzene rings is 1. The minimum atomic E-state index is -0.0797. The van der Waals surface area contributed by atoms with Gasteiger partial charge in [0, 0.05) is 30.2 Å². The molecule has 0 aliphatic carbocycles. The summed E-state index contributed by atoms with van der Waals surface area (Å²) in [6.07, 6.45) is 1.55. The first-order valence-corrected chi connectivity index (χ1v) is 7.36. The zero-order chi connectivity index (χ0) is 14.8. The Morgan fingerprint density at radius 2 is 2.19 bits per heavy atom. The Labute approximate surface area is 128 Å². The molecule has 1 fully saturated rings. The molecule has 0 bridgehead atoms. The van der Waals surface area contributed by atoms with E-state index in [0.29, 0.717) is 23.9 Å². The van der Waals surface area contributed by atoms with Gasteiger partial charge in [-0.2, -0.15) is 0 Å². The van der Waals surface area contributed by atoms with E-state index in [0.717, 1.165) is 17.7 Å². The zero-order valence-corrected chi connectivity index (χ0v) is 12.6. The van der Waals surface area contributed by atoms with Gasteiger partial charge in [-0.1, -0.05) is 29.8 Å². The molecule has 5 heteroatoms. The molecule has 1 aromatic carbocycles. The molecule has 1 aromatic heterocycles. The number of carbonyl (C=O) groups is 1. The summed E-state index contributed by atoms with van der Waals surface area (Å²) in [5.74, 6) is 0.331. The van der Waals surface area contributed by atoms with E-state index in [4.69, 9.17) is 16.0 Å². The van der Waals surface area contributed by atoms with Crippen molar-refractivity contribution in [1.29, 1.82) is 0 Å². The monoisotopic (exact) mass is 304 g/mol. The fraction of sp³-hybridized carbons (Fsp3) is 0.312. The van der Waals surface area contributed by atoms with E-state index >= 15 is 0 Å². The Morgan fingerprint density at radius 1 is 1.38 bits per heavy atom. The highest BCUT2D eigenvalue weighted by molar-refractivity contribution is 6.31. The summed E-state index contributed by atoms with van der Waals surface area (Å²) in [5.41, 5.74) is 1.82. The lowest BCUT2D eigenvalue weighted by Crippen LogP contribution is -2.48. The molecule has 1 unspecified atom stereocenters. The number of hydrogen-bond acceptors (Lipinski definition) is 3. The summed E-state index contributed by atoms with van der Waals surface area (Å²) in [6, 6.07) is 9.38. The van der Waals surface area contributed by atoms with Gasteiger partial charge in [0.25, 0.3) is 5.91 Å². The van der Waals surface area contributed by atoms with Gasteiger partial charge in [-0.05, 0) is 24.6 Å². The van der Waals surface area contributed by atoms with Crippen molar-refractivity contribution in [2.75, 3.05) is 19.6 Å². The maximum absolute atomic E-state index is 12.7. The predicted octanol–water partition coefficient (Wildman–Crippen LogP) is 3.03. The Balaban J connectivity index is 1.94. The molecular weight excluding hydrogens is 288 g/mol. The van der Waals surface area contributed by atoms with Crippen LogP contribution in [0.25, 0.3) is 0 Å². The standard InChI is InChI=1S/C16H17ClN2O2/c1-11-6-9-21-15(11)16(20)19-8-7-18-10-14(19)12-4-2-3-5-13(12)17/h2-6,9,14,18H,7-8,10H2,1H3. The fourth-order valence-electron chi connectivity index (χ4n) is 2.69. The third-order valence-electron chi connectivity index (χ3n) is 3.82. The van der Waals surface area contributed by atoms with Gasteiger partial charge in [-0.25, -0.2) is 0 Å². The van der Waals surface area contributed by atoms with E-state index in [1.165, 1.54) is 0 Å². The maximum atomic E-state index is 12.7. The molecule has 1 N–H and O–H groups in total. The summed E-state index contributed by atoms with van der Waals surface area (Å²) >= 11 is 6.29. The molecule has 0 spiro atoms. The molecule has 1 aliphatic rings. The SMILES string of the molecule is Cc1ccoc1C(=O)N1CCNCC1c1ccccc1Cl. The number of nitrogens with zero attached hydrogens (tertiary/aromatic N) is 1. The third-order valence-corrected chi connectivity index (χ3v) is 4.17. The Bertz CT molecular complexity index is 653. The summed E-state index contributed by atoms with van der Waals surface area (Å²) in [5, 5.41) is 4.00. The molecule has 4 nitrogen and oxygen atoms in total. The highest BCUT2D eigenvalue weighted by atomic mass is 35.5. The Morgan fingerprint density at radius 3 is 2.90 bits per heavy atom. The summed E-state index contributed by atoms with van der Waals surface area (Å²) in [7, 11) is 0. The van der Waals surface area contributed by atoms with Gasteiger partial charge in [0.1, 0.15) is 0 Å². The van der Waals surface area contributed by atoms with Crippen molar-refractivity contribution in [2.45, 2.75) is 13.0 Å². The summed E-state index contributed by atoms with van der Waals surface area (Å²) in [4.78, 5) is 14.6. The van der Waals surface area contributed by atoms with Crippen LogP contribution >= 0.6 is 11.6 Å². The van der Waals surface area contributed by atoms with Gasteiger partial charge in [-0.3, -0.25) is 4.79 Å². The van der Waals surface area contributed by atoms with Crippen LogP contribution in [0, 0.1) is 6.92 Å². The molecule has 2 heterocycles. The van der Waals surface area contributed by atoms with E-state index in [2.05, 4.69) is 5.32 Å². The van der Waals surface area contributed by atoms with Crippen LogP contribution in [0.2, 0.25) is 5.02 Å². The second-order valence-corrected chi connectivity index (χ2v) is 5.58. The first kappa shape index (κ1) is 14.2. The molecule has 3 rings (SSSR count). The van der Waals surface area contributed by atoms with Gasteiger partial charge in [0.05, 0.1) is 12.3 Å².